The van der Waals surface area contributed by atoms with E-state index < -0.39 is 33.1 Å². The van der Waals surface area contributed by atoms with Gasteiger partial charge in [0.05, 0.1) is 8.07 Å². The highest BCUT2D eigenvalue weighted by molar-refractivity contribution is 7.51. The summed E-state index contributed by atoms with van der Waals surface area (Å²) in [6.07, 6.45) is 1.17. The monoisotopic (exact) mass is 352 g/mol. The summed E-state index contributed by atoms with van der Waals surface area (Å²) in [5.74, 6) is 0. The molecule has 0 saturated carbocycles. The van der Waals surface area contributed by atoms with Crippen molar-refractivity contribution in [1.29, 1.82) is 0 Å². The fourth-order valence-electron chi connectivity index (χ4n) is 2.33. The van der Waals surface area contributed by atoms with Crippen molar-refractivity contribution < 1.29 is 8.43 Å². The molecule has 0 unspecified atom stereocenters. The SMILES string of the molecule is CC[Si](CC)(CC)CCP(O[Si](C)(C)C)O[Si](C)(C)C. The zero-order valence-electron chi connectivity index (χ0n) is 15.3. The molecule has 0 aliphatic rings. The molecule has 0 aliphatic heterocycles. The minimum absolute atomic E-state index is 0.660. The lowest BCUT2D eigenvalue weighted by molar-refractivity contribution is 0.489. The Labute approximate surface area is 132 Å². The van der Waals surface area contributed by atoms with E-state index in [0.29, 0.717) is 0 Å². The summed E-state index contributed by atoms with van der Waals surface area (Å²) in [4.78, 5) is 0. The molecule has 0 saturated heterocycles. The largest absolute Gasteiger partial charge is 0.376 e. The van der Waals surface area contributed by atoms with Crippen LogP contribution in [0.5, 0.6) is 0 Å². The lowest BCUT2D eigenvalue weighted by Crippen LogP contribution is -2.34. The summed E-state index contributed by atoms with van der Waals surface area (Å²) in [7, 11) is -4.71. The molecule has 0 radical (unpaired) electrons. The molecular weight excluding hydrogens is 315 g/mol. The summed E-state index contributed by atoms with van der Waals surface area (Å²) < 4.78 is 12.8. The van der Waals surface area contributed by atoms with Crippen molar-refractivity contribution in [1.82, 2.24) is 0 Å². The van der Waals surface area contributed by atoms with Gasteiger partial charge >= 0.3 is 0 Å². The van der Waals surface area contributed by atoms with Crippen LogP contribution in [0.4, 0.5) is 0 Å². The third kappa shape index (κ3) is 9.11. The van der Waals surface area contributed by atoms with Crippen LogP contribution in [0, 0.1) is 0 Å². The minimum Gasteiger partial charge on any atom is -0.376 e. The van der Waals surface area contributed by atoms with Gasteiger partial charge in [0.2, 0.25) is 0 Å². The molecule has 0 aliphatic carbocycles. The Morgan fingerprint density at radius 3 is 1.30 bits per heavy atom. The van der Waals surface area contributed by atoms with Crippen LogP contribution in [-0.2, 0) is 8.43 Å². The highest BCUT2D eigenvalue weighted by Crippen LogP contribution is 2.46. The van der Waals surface area contributed by atoms with Crippen LogP contribution in [-0.4, -0.2) is 30.9 Å². The van der Waals surface area contributed by atoms with E-state index in [4.69, 9.17) is 8.43 Å². The fourth-order valence-corrected chi connectivity index (χ4v) is 13.6. The van der Waals surface area contributed by atoms with E-state index in [2.05, 4.69) is 60.1 Å². The van der Waals surface area contributed by atoms with E-state index >= 15 is 0 Å². The van der Waals surface area contributed by atoms with Gasteiger partial charge in [-0.2, -0.15) is 0 Å². The number of hydrogen-bond donors (Lipinski definition) is 0. The molecule has 2 nitrogen and oxygen atoms in total. The Balaban J connectivity index is 4.72. The Bertz CT molecular complexity index is 246. The molecule has 0 atom stereocenters. The summed E-state index contributed by atoms with van der Waals surface area (Å²) in [5, 5.41) is 0. The molecule has 0 bridgehead atoms. The Hall–Kier alpha value is 1.00. The maximum absolute atomic E-state index is 6.38. The maximum atomic E-state index is 6.38. The van der Waals surface area contributed by atoms with Gasteiger partial charge in [0.15, 0.2) is 16.6 Å². The molecule has 0 aromatic carbocycles. The molecule has 0 spiro atoms. The lowest BCUT2D eigenvalue weighted by atomic mass is 10.9. The first-order chi connectivity index (χ1) is 8.97. The zero-order chi connectivity index (χ0) is 16.0. The van der Waals surface area contributed by atoms with Crippen LogP contribution >= 0.6 is 8.38 Å². The molecule has 0 aromatic rings. The van der Waals surface area contributed by atoms with Crippen molar-refractivity contribution in [3.05, 3.63) is 0 Å². The van der Waals surface area contributed by atoms with Crippen molar-refractivity contribution in [2.75, 3.05) is 6.16 Å². The van der Waals surface area contributed by atoms with Gasteiger partial charge in [0.1, 0.15) is 8.38 Å². The molecule has 0 heterocycles. The van der Waals surface area contributed by atoms with E-state index in [1.807, 2.05) is 0 Å². The van der Waals surface area contributed by atoms with E-state index in [9.17, 15) is 0 Å². The molecule has 6 heteroatoms. The van der Waals surface area contributed by atoms with Crippen molar-refractivity contribution in [3.8, 4) is 0 Å². The van der Waals surface area contributed by atoms with Gasteiger partial charge in [-0.3, -0.25) is 0 Å². The van der Waals surface area contributed by atoms with Crippen LogP contribution in [0.1, 0.15) is 20.8 Å². The average Bonchev–Trinajstić information content (AvgIpc) is 2.27. The second-order valence-corrected chi connectivity index (χ2v) is 24.4. The predicted molar refractivity (Wildman–Crippen MR) is 103 cm³/mol. The first-order valence-electron chi connectivity index (χ1n) is 8.13. The Morgan fingerprint density at radius 1 is 0.700 bits per heavy atom. The van der Waals surface area contributed by atoms with Gasteiger partial charge in [0, 0.05) is 6.16 Å². The quantitative estimate of drug-likeness (QED) is 0.329. The second-order valence-electron chi connectivity index (χ2n) is 7.77. The average molecular weight is 353 g/mol. The van der Waals surface area contributed by atoms with Gasteiger partial charge in [-0.1, -0.05) is 38.9 Å². The molecule has 0 aromatic heterocycles. The van der Waals surface area contributed by atoms with Crippen molar-refractivity contribution >= 4 is 33.1 Å². The Morgan fingerprint density at radius 2 is 1.05 bits per heavy atom. The highest BCUT2D eigenvalue weighted by atomic mass is 31.2. The summed E-state index contributed by atoms with van der Waals surface area (Å²) in [6.45, 7) is 20.8. The maximum Gasteiger partial charge on any atom is 0.191 e. The zero-order valence-corrected chi connectivity index (χ0v) is 19.2. The van der Waals surface area contributed by atoms with Crippen LogP contribution in [0.3, 0.4) is 0 Å². The summed E-state index contributed by atoms with van der Waals surface area (Å²) >= 11 is 0. The van der Waals surface area contributed by atoms with E-state index in [0.717, 1.165) is 0 Å². The van der Waals surface area contributed by atoms with Crippen LogP contribution < -0.4 is 0 Å². The van der Waals surface area contributed by atoms with E-state index in [-0.39, 0.29) is 0 Å². The van der Waals surface area contributed by atoms with E-state index in [1.165, 1.54) is 30.3 Å². The van der Waals surface area contributed by atoms with Crippen LogP contribution in [0.15, 0.2) is 0 Å². The summed E-state index contributed by atoms with van der Waals surface area (Å²) in [6, 6.07) is 5.60. The standard InChI is InChI=1S/C14H37O2PSi3/c1-10-20(11-2,12-3)14-13-17(15-18(4,5)6)16-19(7,8)9/h10-14H2,1-9H3. The van der Waals surface area contributed by atoms with Gasteiger partial charge in [-0.15, -0.1) is 0 Å². The molecule has 0 amide bonds. The van der Waals surface area contributed by atoms with Crippen LogP contribution in [0.2, 0.25) is 63.5 Å². The second kappa shape index (κ2) is 8.59. The third-order valence-corrected chi connectivity index (χ3v) is 16.7. The first-order valence-corrected chi connectivity index (χ1v) is 19.1. The fraction of sp³-hybridized carbons (Fsp3) is 1.00. The van der Waals surface area contributed by atoms with Gasteiger partial charge in [0.25, 0.3) is 0 Å². The van der Waals surface area contributed by atoms with Crippen molar-refractivity contribution in [2.24, 2.45) is 0 Å². The van der Waals surface area contributed by atoms with Crippen LogP contribution in [0.25, 0.3) is 0 Å². The topological polar surface area (TPSA) is 18.5 Å². The van der Waals surface area contributed by atoms with Crippen molar-refractivity contribution in [3.63, 3.8) is 0 Å². The van der Waals surface area contributed by atoms with Crippen molar-refractivity contribution in [2.45, 2.75) is 84.2 Å². The van der Waals surface area contributed by atoms with Gasteiger partial charge in [-0.05, 0) is 45.3 Å². The van der Waals surface area contributed by atoms with E-state index in [1.54, 1.807) is 0 Å². The minimum atomic E-state index is -1.51. The highest BCUT2D eigenvalue weighted by Gasteiger charge is 2.32. The van der Waals surface area contributed by atoms with Gasteiger partial charge < -0.3 is 8.43 Å². The normalized spacial score (nSPS) is 14.1. The molecular formula is C14H37O2PSi3. The van der Waals surface area contributed by atoms with Gasteiger partial charge in [-0.25, -0.2) is 0 Å². The predicted octanol–water partition coefficient (Wildman–Crippen LogP) is 6.51. The summed E-state index contributed by atoms with van der Waals surface area (Å²) in [5.41, 5.74) is 0. The molecule has 122 valence electrons. The molecule has 20 heavy (non-hydrogen) atoms. The third-order valence-electron chi connectivity index (χ3n) is 3.83. The number of rotatable bonds is 10. The first kappa shape index (κ1) is 21.0. The Kier molecular flexibility index (Phi) is 9.02. The number of hydrogen-bond acceptors (Lipinski definition) is 2. The lowest BCUT2D eigenvalue weighted by Gasteiger charge is -2.34. The molecule has 0 rings (SSSR count). The smallest absolute Gasteiger partial charge is 0.191 e. The molecule has 0 fully saturated rings. The molecule has 0 N–H and O–H groups in total.